The Bertz CT molecular complexity index is 626. The van der Waals surface area contributed by atoms with E-state index in [0.29, 0.717) is 11.9 Å². The first-order chi connectivity index (χ1) is 10.3. The average molecular weight is 283 g/mol. The van der Waals surface area contributed by atoms with Crippen LogP contribution in [0, 0.1) is 0 Å². The zero-order valence-electron chi connectivity index (χ0n) is 12.3. The van der Waals surface area contributed by atoms with Crippen LogP contribution in [0.4, 0.5) is 11.6 Å². The largest absolute Gasteiger partial charge is 0.367 e. The molecule has 0 saturated heterocycles. The van der Waals surface area contributed by atoms with Gasteiger partial charge in [-0.05, 0) is 36.8 Å². The van der Waals surface area contributed by atoms with E-state index >= 15 is 0 Å². The highest BCUT2D eigenvalue weighted by Gasteiger charge is 2.20. The van der Waals surface area contributed by atoms with Gasteiger partial charge >= 0.3 is 0 Å². The first-order valence-corrected chi connectivity index (χ1v) is 7.45. The number of hydrogen-bond donors (Lipinski definition) is 3. The van der Waals surface area contributed by atoms with Crippen LogP contribution in [0.15, 0.2) is 30.6 Å². The average Bonchev–Trinajstić information content (AvgIpc) is 2.54. The van der Waals surface area contributed by atoms with E-state index in [9.17, 15) is 0 Å². The second-order valence-corrected chi connectivity index (χ2v) is 5.40. The molecule has 0 radical (unpaired) electrons. The van der Waals surface area contributed by atoms with E-state index < -0.39 is 0 Å². The molecule has 1 aliphatic rings. The van der Waals surface area contributed by atoms with Crippen molar-refractivity contribution in [2.75, 3.05) is 10.7 Å². The van der Waals surface area contributed by atoms with Crippen LogP contribution < -0.4 is 16.6 Å². The summed E-state index contributed by atoms with van der Waals surface area (Å²) in [5.41, 5.74) is 6.60. The highest BCUT2D eigenvalue weighted by Crippen LogP contribution is 2.26. The third-order valence-electron chi connectivity index (χ3n) is 4.12. The molecule has 4 N–H and O–H groups in total. The lowest BCUT2D eigenvalue weighted by Crippen LogP contribution is -2.28. The minimum Gasteiger partial charge on any atom is -0.367 e. The molecule has 1 aromatic heterocycles. The Morgan fingerprint density at radius 1 is 1.19 bits per heavy atom. The van der Waals surface area contributed by atoms with Gasteiger partial charge in [0.25, 0.3) is 0 Å². The van der Waals surface area contributed by atoms with Crippen molar-refractivity contribution in [1.82, 2.24) is 9.97 Å². The monoisotopic (exact) mass is 283 g/mol. The van der Waals surface area contributed by atoms with Crippen LogP contribution in [-0.2, 0) is 19.3 Å². The molecule has 1 unspecified atom stereocenters. The Labute approximate surface area is 125 Å². The first kappa shape index (κ1) is 13.8. The molecule has 5 nitrogen and oxygen atoms in total. The van der Waals surface area contributed by atoms with Crippen molar-refractivity contribution < 1.29 is 0 Å². The molecule has 0 spiro atoms. The number of rotatable bonds is 4. The van der Waals surface area contributed by atoms with E-state index in [4.69, 9.17) is 5.84 Å². The predicted octanol–water partition coefficient (Wildman–Crippen LogP) is 2.29. The van der Waals surface area contributed by atoms with Crippen molar-refractivity contribution in [3.05, 3.63) is 47.3 Å². The zero-order chi connectivity index (χ0) is 14.7. The molecule has 0 aliphatic heterocycles. The summed E-state index contributed by atoms with van der Waals surface area (Å²) in [6.07, 6.45) is 5.66. The van der Waals surface area contributed by atoms with Crippen molar-refractivity contribution in [2.24, 2.45) is 5.84 Å². The molecule has 110 valence electrons. The van der Waals surface area contributed by atoms with Crippen molar-refractivity contribution in [3.8, 4) is 0 Å². The fourth-order valence-electron chi connectivity index (χ4n) is 3.01. The molecule has 0 fully saturated rings. The molecule has 1 heterocycles. The zero-order valence-corrected chi connectivity index (χ0v) is 12.3. The van der Waals surface area contributed by atoms with Crippen LogP contribution >= 0.6 is 0 Å². The SMILES string of the molecule is CCc1c(NN)ncnc1NC1CCc2ccccc2C1. The lowest BCUT2D eigenvalue weighted by Gasteiger charge is -2.26. The number of fused-ring (bicyclic) bond motifs is 1. The number of hydrazine groups is 1. The number of benzene rings is 1. The van der Waals surface area contributed by atoms with Gasteiger partial charge in [-0.15, -0.1) is 0 Å². The molecule has 1 aliphatic carbocycles. The molecular weight excluding hydrogens is 262 g/mol. The standard InChI is InChI=1S/C16H21N5/c1-2-14-15(18-10-19-16(14)21-17)20-13-8-7-11-5-3-4-6-12(11)9-13/h3-6,10,13H,2,7-9,17H2,1H3,(H2,18,19,20,21). The van der Waals surface area contributed by atoms with Gasteiger partial charge in [0.15, 0.2) is 0 Å². The highest BCUT2D eigenvalue weighted by molar-refractivity contribution is 5.57. The van der Waals surface area contributed by atoms with E-state index in [2.05, 4.69) is 51.9 Å². The summed E-state index contributed by atoms with van der Waals surface area (Å²) in [7, 11) is 0. The summed E-state index contributed by atoms with van der Waals surface area (Å²) >= 11 is 0. The van der Waals surface area contributed by atoms with Gasteiger partial charge < -0.3 is 10.7 Å². The number of nitrogens with two attached hydrogens (primary N) is 1. The summed E-state index contributed by atoms with van der Waals surface area (Å²) in [6, 6.07) is 9.08. The van der Waals surface area contributed by atoms with E-state index in [-0.39, 0.29) is 0 Å². The molecule has 3 rings (SSSR count). The van der Waals surface area contributed by atoms with Crippen LogP contribution in [-0.4, -0.2) is 16.0 Å². The third kappa shape index (κ3) is 2.83. The van der Waals surface area contributed by atoms with Crippen molar-refractivity contribution >= 4 is 11.6 Å². The Morgan fingerprint density at radius 2 is 1.95 bits per heavy atom. The highest BCUT2D eigenvalue weighted by atomic mass is 15.3. The number of aromatic nitrogens is 2. The van der Waals surface area contributed by atoms with Gasteiger partial charge in [-0.2, -0.15) is 0 Å². The van der Waals surface area contributed by atoms with Gasteiger partial charge in [0.2, 0.25) is 0 Å². The summed E-state index contributed by atoms with van der Waals surface area (Å²) in [4.78, 5) is 8.56. The topological polar surface area (TPSA) is 75.9 Å². The molecule has 1 aromatic carbocycles. The van der Waals surface area contributed by atoms with Crippen LogP contribution in [0.5, 0.6) is 0 Å². The summed E-state index contributed by atoms with van der Waals surface area (Å²) < 4.78 is 0. The maximum atomic E-state index is 5.52. The third-order valence-corrected chi connectivity index (χ3v) is 4.12. The van der Waals surface area contributed by atoms with Crippen LogP contribution in [0.1, 0.15) is 30.0 Å². The predicted molar refractivity (Wildman–Crippen MR) is 85.1 cm³/mol. The fraction of sp³-hybridized carbons (Fsp3) is 0.375. The molecule has 0 amide bonds. The Hall–Kier alpha value is -2.14. The number of aryl methyl sites for hydroxylation is 1. The quantitative estimate of drug-likeness (QED) is 0.593. The number of anilines is 2. The van der Waals surface area contributed by atoms with Crippen LogP contribution in [0.25, 0.3) is 0 Å². The van der Waals surface area contributed by atoms with Crippen LogP contribution in [0.3, 0.4) is 0 Å². The molecular formula is C16H21N5. The molecule has 5 heteroatoms. The molecule has 2 aromatic rings. The second kappa shape index (κ2) is 6.10. The first-order valence-electron chi connectivity index (χ1n) is 7.45. The van der Waals surface area contributed by atoms with Gasteiger partial charge in [-0.3, -0.25) is 0 Å². The van der Waals surface area contributed by atoms with Gasteiger partial charge in [-0.25, -0.2) is 15.8 Å². The summed E-state index contributed by atoms with van der Waals surface area (Å²) in [5.74, 6) is 7.12. The van der Waals surface area contributed by atoms with Crippen LogP contribution in [0.2, 0.25) is 0 Å². The second-order valence-electron chi connectivity index (χ2n) is 5.40. The summed E-state index contributed by atoms with van der Waals surface area (Å²) in [6.45, 7) is 2.08. The summed E-state index contributed by atoms with van der Waals surface area (Å²) in [5, 5.41) is 3.57. The van der Waals surface area contributed by atoms with Crippen molar-refractivity contribution in [1.29, 1.82) is 0 Å². The molecule has 21 heavy (non-hydrogen) atoms. The van der Waals surface area contributed by atoms with Crippen molar-refractivity contribution in [3.63, 3.8) is 0 Å². The van der Waals surface area contributed by atoms with E-state index in [0.717, 1.165) is 37.1 Å². The normalized spacial score (nSPS) is 17.1. The van der Waals surface area contributed by atoms with E-state index in [1.807, 2.05) is 0 Å². The lowest BCUT2D eigenvalue weighted by molar-refractivity contribution is 0.607. The minimum atomic E-state index is 0.408. The number of nitrogen functional groups attached to an aromatic ring is 1. The maximum absolute atomic E-state index is 5.52. The number of hydrogen-bond acceptors (Lipinski definition) is 5. The molecule has 1 atom stereocenters. The fourth-order valence-corrected chi connectivity index (χ4v) is 3.01. The maximum Gasteiger partial charge on any atom is 0.148 e. The Balaban J connectivity index is 1.79. The molecule has 0 saturated carbocycles. The van der Waals surface area contributed by atoms with Crippen molar-refractivity contribution in [2.45, 2.75) is 38.6 Å². The Kier molecular flexibility index (Phi) is 4.01. The van der Waals surface area contributed by atoms with Gasteiger partial charge in [0, 0.05) is 11.6 Å². The van der Waals surface area contributed by atoms with Gasteiger partial charge in [0.1, 0.15) is 18.0 Å². The van der Waals surface area contributed by atoms with E-state index in [1.54, 1.807) is 6.33 Å². The van der Waals surface area contributed by atoms with Gasteiger partial charge in [0.05, 0.1) is 0 Å². The molecule has 0 bridgehead atoms. The van der Waals surface area contributed by atoms with E-state index in [1.165, 1.54) is 11.1 Å². The van der Waals surface area contributed by atoms with Gasteiger partial charge in [-0.1, -0.05) is 31.2 Å². The number of nitrogens with one attached hydrogen (secondary N) is 2. The lowest BCUT2D eigenvalue weighted by atomic mass is 9.88. The minimum absolute atomic E-state index is 0.408. The smallest absolute Gasteiger partial charge is 0.148 e. The number of nitrogens with zero attached hydrogens (tertiary/aromatic N) is 2. The Morgan fingerprint density at radius 3 is 2.71 bits per heavy atom.